The molecule has 0 saturated carbocycles. The van der Waals surface area contributed by atoms with Crippen LogP contribution < -0.4 is 5.32 Å². The second kappa shape index (κ2) is 10.0. The minimum absolute atomic E-state index is 0.0612. The van der Waals surface area contributed by atoms with E-state index in [4.69, 9.17) is 0 Å². The average molecular weight is 396 g/mol. The van der Waals surface area contributed by atoms with Gasteiger partial charge in [0.15, 0.2) is 0 Å². The number of carbonyl (C=O) groups is 1. The summed E-state index contributed by atoms with van der Waals surface area (Å²) in [5.41, 5.74) is 4.20. The molecule has 0 fully saturated rings. The van der Waals surface area contributed by atoms with Crippen molar-refractivity contribution >= 4 is 22.4 Å². The average Bonchev–Trinajstić information content (AvgIpc) is 3.13. The molecule has 0 aliphatic carbocycles. The summed E-state index contributed by atoms with van der Waals surface area (Å²) in [6.07, 6.45) is 5.10. The van der Waals surface area contributed by atoms with Gasteiger partial charge in [0.2, 0.25) is 11.0 Å². The highest BCUT2D eigenvalue weighted by atomic mass is 32.1. The summed E-state index contributed by atoms with van der Waals surface area (Å²) in [7, 11) is 0. The lowest BCUT2D eigenvalue weighted by Crippen LogP contribution is -2.14. The molecule has 1 aromatic carbocycles. The third-order valence-corrected chi connectivity index (χ3v) is 5.30. The van der Waals surface area contributed by atoms with E-state index in [2.05, 4.69) is 44.8 Å². The number of carbonyl (C=O) groups excluding carboxylic acids is 1. The standard InChI is InChI=1S/C21H25N5OS/c1-3-16-7-6-8-17(13-16)14-19(27)22-21-26-25-20(28-21)10-5-4-9-18-12-11-15(2)23-24-18/h6-8,11-13H,3-5,9-10,14H2,1-2H3,(H,22,26,27). The zero-order valence-electron chi connectivity index (χ0n) is 16.3. The number of aryl methyl sites for hydroxylation is 4. The number of hydrogen-bond donors (Lipinski definition) is 1. The molecular formula is C21H25N5OS. The summed E-state index contributed by atoms with van der Waals surface area (Å²) in [5.74, 6) is -0.0612. The fourth-order valence-corrected chi connectivity index (χ4v) is 3.65. The molecule has 3 rings (SSSR count). The second-order valence-electron chi connectivity index (χ2n) is 6.77. The molecule has 0 aliphatic heterocycles. The molecule has 0 unspecified atom stereocenters. The monoisotopic (exact) mass is 395 g/mol. The minimum Gasteiger partial charge on any atom is -0.300 e. The van der Waals surface area contributed by atoms with Gasteiger partial charge in [0.1, 0.15) is 5.01 Å². The first kappa shape index (κ1) is 20.1. The van der Waals surface area contributed by atoms with Gasteiger partial charge in [0.05, 0.1) is 17.8 Å². The van der Waals surface area contributed by atoms with Gasteiger partial charge in [-0.15, -0.1) is 10.2 Å². The topological polar surface area (TPSA) is 80.7 Å². The van der Waals surface area contributed by atoms with Crippen molar-refractivity contribution in [1.82, 2.24) is 20.4 Å². The lowest BCUT2D eigenvalue weighted by atomic mass is 10.1. The molecule has 1 N–H and O–H groups in total. The molecule has 3 aromatic rings. The molecule has 6 nitrogen and oxygen atoms in total. The smallest absolute Gasteiger partial charge is 0.230 e. The van der Waals surface area contributed by atoms with Gasteiger partial charge in [-0.1, -0.05) is 42.5 Å². The fourth-order valence-electron chi connectivity index (χ4n) is 2.86. The van der Waals surface area contributed by atoms with Crippen molar-refractivity contribution in [2.75, 3.05) is 5.32 Å². The molecule has 0 saturated heterocycles. The van der Waals surface area contributed by atoms with Crippen molar-refractivity contribution in [2.45, 2.75) is 52.4 Å². The summed E-state index contributed by atoms with van der Waals surface area (Å²) in [6, 6.07) is 12.1. The van der Waals surface area contributed by atoms with E-state index in [9.17, 15) is 4.79 Å². The van der Waals surface area contributed by atoms with Gasteiger partial charge < -0.3 is 5.32 Å². The Labute approximate surface area is 169 Å². The van der Waals surface area contributed by atoms with E-state index in [1.807, 2.05) is 31.2 Å². The minimum atomic E-state index is -0.0612. The Balaban J connectivity index is 1.41. The molecule has 0 spiro atoms. The molecule has 2 aromatic heterocycles. The first-order valence-corrected chi connectivity index (χ1v) is 10.4. The van der Waals surface area contributed by atoms with Crippen LogP contribution in [0.4, 0.5) is 5.13 Å². The quantitative estimate of drug-likeness (QED) is 0.555. The number of aromatic nitrogens is 4. The highest BCUT2D eigenvalue weighted by Crippen LogP contribution is 2.18. The SMILES string of the molecule is CCc1cccc(CC(=O)Nc2nnc(CCCCc3ccc(C)nn3)s2)c1. The summed E-state index contributed by atoms with van der Waals surface area (Å²) in [6.45, 7) is 4.04. The van der Waals surface area contributed by atoms with Gasteiger partial charge in [-0.3, -0.25) is 4.79 Å². The maximum atomic E-state index is 12.2. The number of anilines is 1. The van der Waals surface area contributed by atoms with E-state index in [1.165, 1.54) is 16.9 Å². The van der Waals surface area contributed by atoms with Crippen molar-refractivity contribution in [2.24, 2.45) is 0 Å². The van der Waals surface area contributed by atoms with Crippen LogP contribution in [0.3, 0.4) is 0 Å². The summed E-state index contributed by atoms with van der Waals surface area (Å²) in [5, 5.41) is 20.9. The second-order valence-corrected chi connectivity index (χ2v) is 7.83. The first-order chi connectivity index (χ1) is 13.6. The predicted molar refractivity (Wildman–Crippen MR) is 111 cm³/mol. The Kier molecular flexibility index (Phi) is 7.19. The first-order valence-electron chi connectivity index (χ1n) is 9.61. The largest absolute Gasteiger partial charge is 0.300 e. The van der Waals surface area contributed by atoms with Crippen LogP contribution in [-0.4, -0.2) is 26.3 Å². The Morgan fingerprint density at radius 1 is 1.00 bits per heavy atom. The van der Waals surface area contributed by atoms with Crippen molar-refractivity contribution < 1.29 is 4.79 Å². The Morgan fingerprint density at radius 2 is 1.82 bits per heavy atom. The van der Waals surface area contributed by atoms with Gasteiger partial charge in [0, 0.05) is 6.42 Å². The molecule has 7 heteroatoms. The molecule has 146 valence electrons. The number of benzene rings is 1. The lowest BCUT2D eigenvalue weighted by molar-refractivity contribution is -0.115. The predicted octanol–water partition coefficient (Wildman–Crippen LogP) is 3.95. The normalized spacial score (nSPS) is 10.8. The summed E-state index contributed by atoms with van der Waals surface area (Å²) >= 11 is 1.45. The number of nitrogens with zero attached hydrogens (tertiary/aromatic N) is 4. The van der Waals surface area contributed by atoms with E-state index in [-0.39, 0.29) is 5.91 Å². The Morgan fingerprint density at radius 3 is 2.61 bits per heavy atom. The van der Waals surface area contributed by atoms with E-state index >= 15 is 0 Å². The van der Waals surface area contributed by atoms with E-state index in [0.717, 1.165) is 54.1 Å². The maximum Gasteiger partial charge on any atom is 0.230 e. The van der Waals surface area contributed by atoms with Gasteiger partial charge in [-0.25, -0.2) is 0 Å². The van der Waals surface area contributed by atoms with Crippen molar-refractivity contribution in [1.29, 1.82) is 0 Å². The van der Waals surface area contributed by atoms with E-state index in [0.29, 0.717) is 11.6 Å². The number of amides is 1. The summed E-state index contributed by atoms with van der Waals surface area (Å²) < 4.78 is 0. The third kappa shape index (κ3) is 6.20. The van der Waals surface area contributed by atoms with Crippen LogP contribution in [0.1, 0.15) is 47.3 Å². The zero-order chi connectivity index (χ0) is 19.8. The number of hydrogen-bond acceptors (Lipinski definition) is 6. The Hall–Kier alpha value is -2.67. The maximum absolute atomic E-state index is 12.2. The molecule has 0 aliphatic rings. The van der Waals surface area contributed by atoms with Crippen LogP contribution in [0, 0.1) is 6.92 Å². The van der Waals surface area contributed by atoms with Gasteiger partial charge in [0.25, 0.3) is 0 Å². The highest BCUT2D eigenvalue weighted by molar-refractivity contribution is 7.15. The van der Waals surface area contributed by atoms with Crippen LogP contribution in [0.2, 0.25) is 0 Å². The van der Waals surface area contributed by atoms with Gasteiger partial charge >= 0.3 is 0 Å². The van der Waals surface area contributed by atoms with E-state index < -0.39 is 0 Å². The molecule has 1 amide bonds. The molecular weight excluding hydrogens is 370 g/mol. The van der Waals surface area contributed by atoms with Crippen LogP contribution in [0.25, 0.3) is 0 Å². The molecule has 0 bridgehead atoms. The van der Waals surface area contributed by atoms with Crippen molar-refractivity contribution in [3.05, 3.63) is 63.9 Å². The number of unbranched alkanes of at least 4 members (excludes halogenated alkanes) is 1. The van der Waals surface area contributed by atoms with Crippen molar-refractivity contribution in [3.63, 3.8) is 0 Å². The highest BCUT2D eigenvalue weighted by Gasteiger charge is 2.09. The van der Waals surface area contributed by atoms with Gasteiger partial charge in [-0.2, -0.15) is 10.2 Å². The fraction of sp³-hybridized carbons (Fsp3) is 0.381. The number of rotatable bonds is 9. The van der Waals surface area contributed by atoms with Crippen LogP contribution >= 0.6 is 11.3 Å². The third-order valence-electron chi connectivity index (χ3n) is 4.40. The van der Waals surface area contributed by atoms with Gasteiger partial charge in [-0.05, 0) is 55.9 Å². The molecule has 0 atom stereocenters. The van der Waals surface area contributed by atoms with Crippen LogP contribution in [0.15, 0.2) is 36.4 Å². The summed E-state index contributed by atoms with van der Waals surface area (Å²) in [4.78, 5) is 12.2. The molecule has 2 heterocycles. The number of nitrogens with one attached hydrogen (secondary N) is 1. The lowest BCUT2D eigenvalue weighted by Gasteiger charge is -2.03. The van der Waals surface area contributed by atoms with E-state index in [1.54, 1.807) is 0 Å². The molecule has 28 heavy (non-hydrogen) atoms. The Bertz CT molecular complexity index is 907. The van der Waals surface area contributed by atoms with Crippen LogP contribution in [-0.2, 0) is 30.5 Å². The van der Waals surface area contributed by atoms with Crippen LogP contribution in [0.5, 0.6) is 0 Å². The zero-order valence-corrected chi connectivity index (χ0v) is 17.1. The van der Waals surface area contributed by atoms with Crippen molar-refractivity contribution in [3.8, 4) is 0 Å². The molecule has 0 radical (unpaired) electrons.